The van der Waals surface area contributed by atoms with Crippen LogP contribution < -0.4 is 5.73 Å². The number of amides is 1. The quantitative estimate of drug-likeness (QED) is 0.627. The lowest BCUT2D eigenvalue weighted by molar-refractivity contribution is 0.0740. The number of aryl methyl sites for hydroxylation is 2. The summed E-state index contributed by atoms with van der Waals surface area (Å²) in [6.45, 7) is 6.61. The van der Waals surface area contributed by atoms with E-state index < -0.39 is 0 Å². The summed E-state index contributed by atoms with van der Waals surface area (Å²) in [5.74, 6) is 6.88. The number of carbonyl (C=O) groups excluding carboxylic acids is 1. The number of anilines is 1. The molecule has 0 atom stereocenters. The molecule has 1 saturated heterocycles. The van der Waals surface area contributed by atoms with Gasteiger partial charge < -0.3 is 15.4 Å². The Kier molecular flexibility index (Phi) is 6.96. The van der Waals surface area contributed by atoms with E-state index in [1.54, 1.807) is 18.6 Å². The van der Waals surface area contributed by atoms with Gasteiger partial charge >= 0.3 is 0 Å². The first-order valence-corrected chi connectivity index (χ1v) is 11.1. The lowest BCUT2D eigenvalue weighted by Gasteiger charge is -2.21. The number of hydrogen-bond acceptors (Lipinski definition) is 6. The van der Waals surface area contributed by atoms with Crippen molar-refractivity contribution in [3.05, 3.63) is 70.8 Å². The summed E-state index contributed by atoms with van der Waals surface area (Å²) in [5.41, 5.74) is 11.3. The Morgan fingerprint density at radius 3 is 2.76 bits per heavy atom. The van der Waals surface area contributed by atoms with E-state index >= 15 is 0 Å². The Morgan fingerprint density at radius 1 is 1.12 bits per heavy atom. The van der Waals surface area contributed by atoms with Gasteiger partial charge in [-0.25, -0.2) is 15.0 Å². The monoisotopic (exact) mass is 441 g/mol. The van der Waals surface area contributed by atoms with Gasteiger partial charge in [-0.2, -0.15) is 0 Å². The number of carbonyl (C=O) groups is 1. The molecule has 3 aromatic rings. The summed E-state index contributed by atoms with van der Waals surface area (Å²) in [5, 5.41) is 0. The van der Waals surface area contributed by atoms with Gasteiger partial charge in [0.05, 0.1) is 23.6 Å². The van der Waals surface area contributed by atoms with Crippen LogP contribution >= 0.6 is 0 Å². The third kappa shape index (κ3) is 5.18. The maximum Gasteiger partial charge on any atom is 0.254 e. The number of rotatable bonds is 3. The van der Waals surface area contributed by atoms with Gasteiger partial charge in [-0.05, 0) is 49.6 Å². The first kappa shape index (κ1) is 22.4. The van der Waals surface area contributed by atoms with E-state index in [0.29, 0.717) is 37.7 Å². The zero-order valence-electron chi connectivity index (χ0n) is 19.0. The molecule has 1 fully saturated rings. The van der Waals surface area contributed by atoms with Crippen LogP contribution in [-0.2, 0) is 11.2 Å². The molecular formula is C26H27N5O2. The number of benzene rings is 1. The summed E-state index contributed by atoms with van der Waals surface area (Å²) >= 11 is 0. The molecule has 2 N–H and O–H groups in total. The molecule has 33 heavy (non-hydrogen) atoms. The minimum atomic E-state index is 0.0392. The molecule has 7 nitrogen and oxygen atoms in total. The number of aromatic nitrogens is 3. The minimum Gasteiger partial charge on any atom is -0.384 e. The van der Waals surface area contributed by atoms with Crippen molar-refractivity contribution in [3.8, 4) is 23.1 Å². The number of hydrogen-bond donors (Lipinski definition) is 1. The zero-order chi connectivity index (χ0) is 23.2. The van der Waals surface area contributed by atoms with Crippen LogP contribution in [0.25, 0.3) is 11.3 Å². The molecule has 7 heteroatoms. The first-order valence-electron chi connectivity index (χ1n) is 11.1. The van der Waals surface area contributed by atoms with Gasteiger partial charge in [0.25, 0.3) is 5.91 Å². The summed E-state index contributed by atoms with van der Waals surface area (Å²) < 4.78 is 5.48. The van der Waals surface area contributed by atoms with Crippen LogP contribution in [-0.4, -0.2) is 52.1 Å². The van der Waals surface area contributed by atoms with Crippen molar-refractivity contribution in [1.29, 1.82) is 0 Å². The van der Waals surface area contributed by atoms with Crippen molar-refractivity contribution in [1.82, 2.24) is 19.9 Å². The molecule has 0 saturated carbocycles. The van der Waals surface area contributed by atoms with Gasteiger partial charge in [0.2, 0.25) is 0 Å². The van der Waals surface area contributed by atoms with E-state index in [1.807, 2.05) is 43.0 Å². The number of nitrogen functional groups attached to an aromatic ring is 1. The fourth-order valence-electron chi connectivity index (χ4n) is 3.82. The molecule has 0 bridgehead atoms. The topological polar surface area (TPSA) is 94.2 Å². The second kappa shape index (κ2) is 10.2. The molecule has 3 heterocycles. The van der Waals surface area contributed by atoms with Crippen LogP contribution in [0.1, 0.15) is 46.1 Å². The maximum absolute atomic E-state index is 13.1. The second-order valence-electron chi connectivity index (χ2n) is 7.91. The molecule has 2 aromatic heterocycles. The van der Waals surface area contributed by atoms with Crippen molar-refractivity contribution in [2.24, 2.45) is 0 Å². The Morgan fingerprint density at radius 2 is 2.00 bits per heavy atom. The molecule has 0 aliphatic carbocycles. The summed E-state index contributed by atoms with van der Waals surface area (Å²) in [7, 11) is 0. The van der Waals surface area contributed by atoms with Gasteiger partial charge in [-0.15, -0.1) is 0 Å². The molecule has 0 radical (unpaired) electrons. The zero-order valence-corrected chi connectivity index (χ0v) is 19.0. The molecule has 0 spiro atoms. The lowest BCUT2D eigenvalue weighted by Crippen LogP contribution is -2.33. The van der Waals surface area contributed by atoms with Gasteiger partial charge in [0.15, 0.2) is 0 Å². The minimum absolute atomic E-state index is 0.0392. The third-order valence-electron chi connectivity index (χ3n) is 5.62. The first-order chi connectivity index (χ1) is 16.1. The standard InChI is InChI=1S/C26H27N5O2/c1-3-23-22(8-5-19-6-10-24(27)28-16-19)25(30-17-29-23)20-7-9-21(18(2)15-20)26(32)31-11-4-13-33-14-12-31/h6-7,9-10,15-17H,3-4,11-14H2,1-2H3,(H2,27,28). The Bertz CT molecular complexity index is 1200. The average Bonchev–Trinajstić information content (AvgIpc) is 3.13. The second-order valence-corrected chi connectivity index (χ2v) is 7.91. The highest BCUT2D eigenvalue weighted by Crippen LogP contribution is 2.26. The van der Waals surface area contributed by atoms with E-state index in [9.17, 15) is 4.79 Å². The van der Waals surface area contributed by atoms with Crippen molar-refractivity contribution in [2.45, 2.75) is 26.7 Å². The van der Waals surface area contributed by atoms with Crippen molar-refractivity contribution in [2.75, 3.05) is 32.0 Å². The summed E-state index contributed by atoms with van der Waals surface area (Å²) in [6, 6.07) is 9.38. The number of nitrogens with two attached hydrogens (primary N) is 1. The van der Waals surface area contributed by atoms with Crippen LogP contribution in [0, 0.1) is 18.8 Å². The highest BCUT2D eigenvalue weighted by atomic mass is 16.5. The molecule has 0 unspecified atom stereocenters. The molecule has 1 amide bonds. The smallest absolute Gasteiger partial charge is 0.254 e. The normalized spacial score (nSPS) is 13.7. The Labute approximate surface area is 194 Å². The maximum atomic E-state index is 13.1. The highest BCUT2D eigenvalue weighted by Gasteiger charge is 2.20. The van der Waals surface area contributed by atoms with Gasteiger partial charge in [0.1, 0.15) is 12.1 Å². The number of ether oxygens (including phenoxy) is 1. The molecule has 1 aromatic carbocycles. The van der Waals surface area contributed by atoms with Crippen LogP contribution in [0.15, 0.2) is 42.9 Å². The van der Waals surface area contributed by atoms with Crippen LogP contribution in [0.3, 0.4) is 0 Å². The Balaban J connectivity index is 1.68. The fraction of sp³-hybridized carbons (Fsp3) is 0.308. The average molecular weight is 442 g/mol. The van der Waals surface area contributed by atoms with Gasteiger partial charge in [-0.3, -0.25) is 4.79 Å². The molecule has 4 rings (SSSR count). The van der Waals surface area contributed by atoms with E-state index in [-0.39, 0.29) is 5.91 Å². The van der Waals surface area contributed by atoms with Gasteiger partial charge in [-0.1, -0.05) is 24.8 Å². The van der Waals surface area contributed by atoms with Crippen molar-refractivity contribution in [3.63, 3.8) is 0 Å². The van der Waals surface area contributed by atoms with Crippen LogP contribution in [0.4, 0.5) is 5.82 Å². The number of pyridine rings is 1. The predicted molar refractivity (Wildman–Crippen MR) is 128 cm³/mol. The van der Waals surface area contributed by atoms with Crippen molar-refractivity contribution >= 4 is 11.7 Å². The summed E-state index contributed by atoms with van der Waals surface area (Å²) in [6.07, 6.45) is 4.80. The van der Waals surface area contributed by atoms with E-state index in [1.165, 1.54) is 0 Å². The molecule has 1 aliphatic rings. The molecular weight excluding hydrogens is 414 g/mol. The number of nitrogens with zero attached hydrogens (tertiary/aromatic N) is 4. The molecule has 168 valence electrons. The van der Waals surface area contributed by atoms with Crippen molar-refractivity contribution < 1.29 is 9.53 Å². The van der Waals surface area contributed by atoms with E-state index in [0.717, 1.165) is 46.5 Å². The van der Waals surface area contributed by atoms with Crippen LogP contribution in [0.2, 0.25) is 0 Å². The predicted octanol–water partition coefficient (Wildman–Crippen LogP) is 3.25. The fourth-order valence-corrected chi connectivity index (χ4v) is 3.82. The van der Waals surface area contributed by atoms with Crippen LogP contribution in [0.5, 0.6) is 0 Å². The van der Waals surface area contributed by atoms with E-state index in [4.69, 9.17) is 10.5 Å². The Hall–Kier alpha value is -3.76. The molecule has 1 aliphatic heterocycles. The van der Waals surface area contributed by atoms with Gasteiger partial charge in [0, 0.05) is 42.6 Å². The lowest BCUT2D eigenvalue weighted by atomic mass is 9.98. The largest absolute Gasteiger partial charge is 0.384 e. The third-order valence-corrected chi connectivity index (χ3v) is 5.62. The summed E-state index contributed by atoms with van der Waals surface area (Å²) in [4.78, 5) is 28.0. The van der Waals surface area contributed by atoms with E-state index in [2.05, 4.69) is 26.8 Å². The highest BCUT2D eigenvalue weighted by molar-refractivity contribution is 5.96. The SMILES string of the molecule is CCc1ncnc(-c2ccc(C(=O)N3CCCOCC3)c(C)c2)c1C#Cc1ccc(N)nc1.